The Bertz CT molecular complexity index is 225. The fraction of sp³-hybridized carbons (Fsp3) is 0.375. The Labute approximate surface area is 65.9 Å². The molecule has 0 spiro atoms. The first-order chi connectivity index (χ1) is 5.33. The van der Waals surface area contributed by atoms with Crippen LogP contribution in [0.15, 0.2) is 24.5 Å². The summed E-state index contributed by atoms with van der Waals surface area (Å²) >= 11 is 0. The van der Waals surface area contributed by atoms with Crippen LogP contribution < -0.4 is 4.57 Å². The van der Waals surface area contributed by atoms with Gasteiger partial charge in [-0.2, -0.15) is 4.57 Å². The van der Waals surface area contributed by atoms with Gasteiger partial charge in [-0.05, 0) is 6.07 Å². The predicted octanol–water partition coefficient (Wildman–Crippen LogP) is 0.326. The van der Waals surface area contributed by atoms with Crippen LogP contribution >= 0.6 is 0 Å². The molecular weight excluding hydrogens is 142 g/mol. The van der Waals surface area contributed by atoms with Crippen molar-refractivity contribution < 1.29 is 14.4 Å². The molecule has 0 atom stereocenters. The average Bonchev–Trinajstić information content (AvgIpc) is 2.01. The zero-order valence-corrected chi connectivity index (χ0v) is 6.53. The molecule has 0 unspecified atom stereocenters. The van der Waals surface area contributed by atoms with Crippen molar-refractivity contribution >= 4 is 0 Å². The first kappa shape index (κ1) is 8.01. The van der Waals surface area contributed by atoms with Crippen molar-refractivity contribution in [1.82, 2.24) is 0 Å². The number of hydrogen-bond donors (Lipinski definition) is 1. The first-order valence-corrected chi connectivity index (χ1v) is 3.50. The fourth-order valence-corrected chi connectivity index (χ4v) is 0.844. The number of nitrogens with zero attached hydrogens (tertiary/aromatic N) is 1. The van der Waals surface area contributed by atoms with Crippen LogP contribution in [0.25, 0.3) is 0 Å². The van der Waals surface area contributed by atoms with Gasteiger partial charge in [-0.1, -0.05) is 0 Å². The quantitative estimate of drug-likeness (QED) is 0.636. The van der Waals surface area contributed by atoms with Crippen LogP contribution in [0.5, 0.6) is 5.75 Å². The molecule has 0 bridgehead atoms. The zero-order chi connectivity index (χ0) is 8.10. The highest BCUT2D eigenvalue weighted by Crippen LogP contribution is 1.99. The van der Waals surface area contributed by atoms with E-state index in [1.165, 1.54) is 0 Å². The SMILES string of the molecule is COCC[n+]1cccc(O)c1. The van der Waals surface area contributed by atoms with Crippen molar-refractivity contribution in [2.75, 3.05) is 13.7 Å². The molecule has 0 saturated carbocycles. The van der Waals surface area contributed by atoms with E-state index in [1.54, 1.807) is 25.4 Å². The highest BCUT2D eigenvalue weighted by molar-refractivity contribution is 5.09. The summed E-state index contributed by atoms with van der Waals surface area (Å²) in [6.07, 6.45) is 3.55. The van der Waals surface area contributed by atoms with E-state index in [0.717, 1.165) is 6.54 Å². The Morgan fingerprint density at radius 3 is 3.09 bits per heavy atom. The van der Waals surface area contributed by atoms with E-state index in [-0.39, 0.29) is 5.75 Å². The highest BCUT2D eigenvalue weighted by atomic mass is 16.5. The van der Waals surface area contributed by atoms with Crippen molar-refractivity contribution in [3.05, 3.63) is 24.5 Å². The van der Waals surface area contributed by atoms with Crippen LogP contribution in [0.3, 0.4) is 0 Å². The maximum atomic E-state index is 9.05. The number of methoxy groups -OCH3 is 1. The smallest absolute Gasteiger partial charge is 0.211 e. The summed E-state index contributed by atoms with van der Waals surface area (Å²) < 4.78 is 6.76. The second kappa shape index (κ2) is 3.93. The molecule has 0 amide bonds. The Morgan fingerprint density at radius 1 is 1.64 bits per heavy atom. The Balaban J connectivity index is 2.56. The molecule has 0 aliphatic heterocycles. The minimum Gasteiger partial charge on any atom is -0.503 e. The van der Waals surface area contributed by atoms with E-state index in [1.807, 2.05) is 10.8 Å². The van der Waals surface area contributed by atoms with Gasteiger partial charge in [0.25, 0.3) is 0 Å². The molecular formula is C8H12NO2+. The molecule has 0 radical (unpaired) electrons. The Kier molecular flexibility index (Phi) is 2.86. The van der Waals surface area contributed by atoms with Crippen molar-refractivity contribution in [2.45, 2.75) is 6.54 Å². The summed E-state index contributed by atoms with van der Waals surface area (Å²) in [5.74, 6) is 0.281. The molecule has 11 heavy (non-hydrogen) atoms. The van der Waals surface area contributed by atoms with Crippen LogP contribution in [-0.2, 0) is 11.3 Å². The fourth-order valence-electron chi connectivity index (χ4n) is 0.844. The lowest BCUT2D eigenvalue weighted by molar-refractivity contribution is -0.698. The summed E-state index contributed by atoms with van der Waals surface area (Å²) in [4.78, 5) is 0. The van der Waals surface area contributed by atoms with Crippen LogP contribution in [0, 0.1) is 0 Å². The largest absolute Gasteiger partial charge is 0.503 e. The maximum absolute atomic E-state index is 9.05. The van der Waals surface area contributed by atoms with Crippen LogP contribution in [-0.4, -0.2) is 18.8 Å². The molecule has 0 fully saturated rings. The number of aromatic nitrogens is 1. The second-order valence-electron chi connectivity index (χ2n) is 2.29. The molecule has 1 N–H and O–H groups in total. The summed E-state index contributed by atoms with van der Waals surface area (Å²) in [6, 6.07) is 3.44. The Hall–Kier alpha value is -1.09. The van der Waals surface area contributed by atoms with Crippen molar-refractivity contribution in [3.8, 4) is 5.75 Å². The lowest BCUT2D eigenvalue weighted by Gasteiger charge is -1.95. The van der Waals surface area contributed by atoms with Crippen molar-refractivity contribution in [1.29, 1.82) is 0 Å². The number of rotatable bonds is 3. The second-order valence-corrected chi connectivity index (χ2v) is 2.29. The Morgan fingerprint density at radius 2 is 2.45 bits per heavy atom. The van der Waals surface area contributed by atoms with Crippen molar-refractivity contribution in [3.63, 3.8) is 0 Å². The predicted molar refractivity (Wildman–Crippen MR) is 40.2 cm³/mol. The number of pyridine rings is 1. The van der Waals surface area contributed by atoms with Crippen LogP contribution in [0.1, 0.15) is 0 Å². The molecule has 1 aromatic heterocycles. The third-order valence-electron chi connectivity index (χ3n) is 1.40. The minimum atomic E-state index is 0.281. The molecule has 0 aromatic carbocycles. The summed E-state index contributed by atoms with van der Waals surface area (Å²) in [7, 11) is 1.66. The molecule has 0 saturated heterocycles. The van der Waals surface area contributed by atoms with Crippen LogP contribution in [0.2, 0.25) is 0 Å². The summed E-state index contributed by atoms with van der Waals surface area (Å²) in [5.41, 5.74) is 0. The molecule has 1 aromatic rings. The molecule has 0 aliphatic carbocycles. The maximum Gasteiger partial charge on any atom is 0.211 e. The minimum absolute atomic E-state index is 0.281. The van der Waals surface area contributed by atoms with Gasteiger partial charge in [0.15, 0.2) is 18.5 Å². The van der Waals surface area contributed by atoms with E-state index < -0.39 is 0 Å². The van der Waals surface area contributed by atoms with Crippen molar-refractivity contribution in [2.24, 2.45) is 0 Å². The monoisotopic (exact) mass is 154 g/mol. The highest BCUT2D eigenvalue weighted by Gasteiger charge is 1.98. The van der Waals surface area contributed by atoms with Gasteiger partial charge in [-0.3, -0.25) is 0 Å². The molecule has 3 nitrogen and oxygen atoms in total. The number of hydrogen-bond acceptors (Lipinski definition) is 2. The standard InChI is InChI=1S/C8H11NO2/c1-11-6-5-9-4-2-3-8(10)7-9/h2-4,7H,5-6H2,1H3/p+1. The van der Waals surface area contributed by atoms with Gasteiger partial charge in [0, 0.05) is 13.2 Å². The normalized spacial score (nSPS) is 9.91. The van der Waals surface area contributed by atoms with Gasteiger partial charge in [0.05, 0.1) is 0 Å². The van der Waals surface area contributed by atoms with Gasteiger partial charge in [-0.25, -0.2) is 0 Å². The molecule has 60 valence electrons. The van der Waals surface area contributed by atoms with Gasteiger partial charge in [0.1, 0.15) is 6.61 Å². The van der Waals surface area contributed by atoms with E-state index in [2.05, 4.69) is 0 Å². The molecule has 0 aliphatic rings. The lowest BCUT2D eigenvalue weighted by Crippen LogP contribution is -2.34. The van der Waals surface area contributed by atoms with E-state index in [9.17, 15) is 0 Å². The topological polar surface area (TPSA) is 33.3 Å². The van der Waals surface area contributed by atoms with Crippen LogP contribution in [0.4, 0.5) is 0 Å². The van der Waals surface area contributed by atoms with E-state index >= 15 is 0 Å². The van der Waals surface area contributed by atoms with Gasteiger partial charge in [0.2, 0.25) is 6.20 Å². The molecule has 1 heterocycles. The number of ether oxygens (including phenoxy) is 1. The first-order valence-electron chi connectivity index (χ1n) is 3.50. The van der Waals surface area contributed by atoms with E-state index in [4.69, 9.17) is 9.84 Å². The molecule has 3 heteroatoms. The lowest BCUT2D eigenvalue weighted by atomic mass is 10.4. The molecule has 1 rings (SSSR count). The van der Waals surface area contributed by atoms with Gasteiger partial charge >= 0.3 is 0 Å². The zero-order valence-electron chi connectivity index (χ0n) is 6.53. The average molecular weight is 154 g/mol. The van der Waals surface area contributed by atoms with Gasteiger partial charge < -0.3 is 9.84 Å². The third-order valence-corrected chi connectivity index (χ3v) is 1.40. The number of aromatic hydroxyl groups is 1. The third kappa shape index (κ3) is 2.55. The summed E-state index contributed by atoms with van der Waals surface area (Å²) in [6.45, 7) is 1.43. The summed E-state index contributed by atoms with van der Waals surface area (Å²) in [5, 5.41) is 9.05. The van der Waals surface area contributed by atoms with Gasteiger partial charge in [-0.15, -0.1) is 0 Å². The van der Waals surface area contributed by atoms with E-state index in [0.29, 0.717) is 6.61 Å².